The van der Waals surface area contributed by atoms with Crippen molar-refractivity contribution in [1.82, 2.24) is 69.4 Å². The van der Waals surface area contributed by atoms with Crippen molar-refractivity contribution < 1.29 is 33.3 Å². The minimum Gasteiger partial charge on any atom is -0.379 e. The lowest BCUT2D eigenvalue weighted by Crippen LogP contribution is -2.40. The zero-order chi connectivity index (χ0) is 96.4. The number of urea groups is 1. The predicted molar refractivity (Wildman–Crippen MR) is 521 cm³/mol. The topological polar surface area (TPSA) is 244 Å². The maximum atomic E-state index is 11.2. The lowest BCUT2D eigenvalue weighted by atomic mass is 9.91. The van der Waals surface area contributed by atoms with Gasteiger partial charge in [-0.25, -0.2) is 23.9 Å². The fraction of sp³-hybridized carbons (Fsp3) is 0.917. The Morgan fingerprint density at radius 1 is 0.471 bits per heavy atom. The van der Waals surface area contributed by atoms with E-state index in [0.29, 0.717) is 35.9 Å². The van der Waals surface area contributed by atoms with E-state index in [2.05, 4.69) is 231 Å². The highest BCUT2D eigenvalue weighted by Crippen LogP contribution is 2.44. The molecule has 9 rings (SSSR count). The maximum Gasteiger partial charge on any atom is 0.363 e. The first-order valence-electron chi connectivity index (χ1n) is 46.2. The minimum atomic E-state index is -0.286. The van der Waals surface area contributed by atoms with E-state index in [9.17, 15) is 14.4 Å². The lowest BCUT2D eigenvalue weighted by molar-refractivity contribution is -0.129. The number of ether oxygens (including phenoxy) is 5. The molecule has 0 spiro atoms. The number of amides is 3. The Hall–Kier alpha value is -5.08. The van der Waals surface area contributed by atoms with Gasteiger partial charge in [0.25, 0.3) is 0 Å². The average Bonchev–Trinajstić information content (AvgIpc) is 1.64. The Balaban J connectivity index is -0.000000161. The molecule has 3 aromatic rings. The molecule has 25 heteroatoms. The summed E-state index contributed by atoms with van der Waals surface area (Å²) in [6, 6.07) is 1.42. The van der Waals surface area contributed by atoms with E-state index in [0.717, 1.165) is 37.3 Å². The lowest BCUT2D eigenvalue weighted by Gasteiger charge is -2.35. The highest BCUT2D eigenvalue weighted by atomic mass is 16.6. The zero-order valence-electron chi connectivity index (χ0n) is 88.9. The molecule has 6 aliphatic rings. The molecule has 2 aliphatic heterocycles. The molecule has 4 saturated carbocycles. The largest absolute Gasteiger partial charge is 0.379 e. The summed E-state index contributed by atoms with van der Waals surface area (Å²) in [6.45, 7) is 94.1. The van der Waals surface area contributed by atoms with Crippen molar-refractivity contribution in [2.45, 2.75) is 503 Å². The molecule has 0 N–H and O–H groups in total. The van der Waals surface area contributed by atoms with Crippen molar-refractivity contribution in [2.24, 2.45) is 39.0 Å². The van der Waals surface area contributed by atoms with Gasteiger partial charge >= 0.3 is 11.7 Å². The Labute approximate surface area is 749 Å². The van der Waals surface area contributed by atoms with Crippen LogP contribution in [0.1, 0.15) is 414 Å². The van der Waals surface area contributed by atoms with Gasteiger partial charge in [-0.1, -0.05) is 162 Å². The van der Waals surface area contributed by atoms with Gasteiger partial charge in [-0.05, 0) is 293 Å². The number of hydrogen-bond acceptors (Lipinski definition) is 18. The third-order valence-electron chi connectivity index (χ3n) is 17.5. The number of rotatable bonds is 7. The maximum absolute atomic E-state index is 11.2. The number of azo groups is 1. The molecule has 5 fully saturated rings. The number of nitrogens with zero attached hydrogens (tertiary/aromatic N) is 17. The van der Waals surface area contributed by atoms with Crippen LogP contribution in [0.5, 0.6) is 0 Å². The van der Waals surface area contributed by atoms with Crippen LogP contribution >= 0.6 is 0 Å². The van der Waals surface area contributed by atoms with Gasteiger partial charge in [0.05, 0.1) is 88.1 Å². The molecule has 4 aliphatic carbocycles. The Bertz CT molecular complexity index is 2930. The predicted octanol–water partition coefficient (Wildman–Crippen LogP) is 24.8. The summed E-state index contributed by atoms with van der Waals surface area (Å²) in [4.78, 5) is 44.2. The number of carbonyl (C=O) groups excluding carboxylic acids is 2. The standard InChI is InChI=1S/C12H25NO.C10H20O.C8H16O2.C8H16O.C7H13N3.C7H16N2O.C7H14.C6H12N4O.2C6H11N3.C6H13NO.6C2H6.CH4/c1-12(2,3)14-11-8-6-10(7-9-11)13(4)5;1-10(2,3)11-9-7-5-4-6-8-9;1-8(2,3)10-7-4-5-9-6-7;1-8(2,3)9-7-5-4-6-7;1-6-5-8-9-10(6)7(2,3)4;1-6(2)9(5)7(10)8(3)4;1-7(2,3)6-4-5-6;1-6(2,3)10-5(11)9(4)7-8-10;1-6(2,3)5-7-4-8-9-5;1-6(2,3)9-5-4-7-8-9;1-5(2)7(4)6(3)8;6*1-2;/h10-11H,6-9H2,1-5H3;9H,4-8H2,1-3H3;7H,4-6H2,1-3H3;7H,4-6H2,1-3H3;5H,1-4H3;6H,1-5H3;6H,4-5H2,1-3H3;1-4H3;2*4-5H,1-3H3;5H,1-4H3;6*1-2H3;1H4. The normalized spacial score (nSPS) is 17.2. The van der Waals surface area contributed by atoms with Crippen LogP contribution in [0, 0.1) is 23.7 Å². The molecular formula is C96H207N17O8. The van der Waals surface area contributed by atoms with E-state index >= 15 is 0 Å². The number of carbonyl (C=O) groups is 2. The van der Waals surface area contributed by atoms with Crippen LogP contribution in [-0.2, 0) is 52.1 Å². The molecule has 121 heavy (non-hydrogen) atoms. The molecule has 0 bridgehead atoms. The second kappa shape index (κ2) is 69.1. The van der Waals surface area contributed by atoms with Crippen LogP contribution in [0.4, 0.5) is 4.79 Å². The van der Waals surface area contributed by atoms with Crippen molar-refractivity contribution >= 4 is 18.3 Å². The number of aliphatic imine (C=N–C) groups is 1. The number of tetrazole rings is 1. The highest BCUT2D eigenvalue weighted by Gasteiger charge is 2.34. The fourth-order valence-electron chi connectivity index (χ4n) is 10.7. The second-order valence-corrected chi connectivity index (χ2v) is 39.5. The Morgan fingerprint density at radius 3 is 1.05 bits per heavy atom. The highest BCUT2D eigenvalue weighted by molar-refractivity contribution is 5.73. The molecule has 3 amide bonds. The van der Waals surface area contributed by atoms with E-state index in [1.54, 1.807) is 69.3 Å². The van der Waals surface area contributed by atoms with Crippen LogP contribution in [0.3, 0.4) is 0 Å². The summed E-state index contributed by atoms with van der Waals surface area (Å²) in [5, 5.41) is 30.2. The van der Waals surface area contributed by atoms with E-state index < -0.39 is 0 Å². The Morgan fingerprint density at radius 2 is 0.868 bits per heavy atom. The second-order valence-electron chi connectivity index (χ2n) is 39.5. The van der Waals surface area contributed by atoms with E-state index in [-0.39, 0.29) is 81.7 Å². The number of aryl methyl sites for hydroxylation is 2. The summed E-state index contributed by atoms with van der Waals surface area (Å²) >= 11 is 0. The van der Waals surface area contributed by atoms with Crippen LogP contribution in [-0.4, -0.2) is 214 Å². The molecular weight excluding hydrogens is 1520 g/mol. The molecule has 2 unspecified atom stereocenters. The van der Waals surface area contributed by atoms with Gasteiger partial charge in [-0.3, -0.25) is 4.79 Å². The monoisotopic (exact) mass is 1730 g/mol. The third kappa shape index (κ3) is 74.8. The van der Waals surface area contributed by atoms with Crippen molar-refractivity contribution in [3.05, 3.63) is 34.8 Å². The van der Waals surface area contributed by atoms with Gasteiger partial charge in [0.15, 0.2) is 6.17 Å². The first-order chi connectivity index (χ1) is 54.9. The molecule has 724 valence electrons. The number of hydrogen-bond donors (Lipinski definition) is 0. The molecule has 0 radical (unpaired) electrons. The van der Waals surface area contributed by atoms with Gasteiger partial charge in [0, 0.05) is 78.5 Å². The van der Waals surface area contributed by atoms with E-state index in [1.165, 1.54) is 106 Å². The summed E-state index contributed by atoms with van der Waals surface area (Å²) in [6.07, 6.45) is 28.4. The zero-order valence-corrected chi connectivity index (χ0v) is 88.9. The van der Waals surface area contributed by atoms with Gasteiger partial charge in [0.1, 0.15) is 6.34 Å². The van der Waals surface area contributed by atoms with Gasteiger partial charge in [-0.15, -0.1) is 15.3 Å². The molecule has 25 nitrogen and oxygen atoms in total. The van der Waals surface area contributed by atoms with E-state index in [1.807, 2.05) is 154 Å². The van der Waals surface area contributed by atoms with Gasteiger partial charge in [0.2, 0.25) is 5.91 Å². The van der Waals surface area contributed by atoms with E-state index in [4.69, 9.17) is 23.7 Å². The van der Waals surface area contributed by atoms with Gasteiger partial charge in [-0.2, -0.15) is 14.5 Å². The first-order valence-corrected chi connectivity index (χ1v) is 46.2. The van der Waals surface area contributed by atoms with Crippen molar-refractivity contribution in [1.29, 1.82) is 0 Å². The summed E-state index contributed by atoms with van der Waals surface area (Å²) < 4.78 is 34.7. The van der Waals surface area contributed by atoms with Crippen molar-refractivity contribution in [3.8, 4) is 0 Å². The Kier molecular flexibility index (Phi) is 76.5. The fourth-order valence-corrected chi connectivity index (χ4v) is 10.7. The molecule has 2 atom stereocenters. The SMILES string of the molecule is C.CC.CC.CC.CC.CC.CC.CC(=O)N(C)C(C)C.CC(C)(C)C1CC1.CC(C)(C)C1N=CN=N1.CC(C)(C)OC1CCC1.CC(C)(C)OC1CCCCC1.CC(C)(C)OC1CCOC1.CC(C)(C)n1ccnn1.CC(C)N(C)C(=O)N(C)C.CN(C)C1CCC(OC(C)(C)C)CC1.Cc1cnnn1C(C)(C)C.Cn1nnn(C(C)(C)C)c1=O. The van der Waals surface area contributed by atoms with Crippen molar-refractivity contribution in [3.63, 3.8) is 0 Å². The summed E-state index contributed by atoms with van der Waals surface area (Å²) in [5.41, 5.74) is 1.63. The summed E-state index contributed by atoms with van der Waals surface area (Å²) in [7, 11) is 13.0. The quantitative estimate of drug-likeness (QED) is 0.213. The molecule has 1 saturated heterocycles. The first kappa shape index (κ1) is 134. The third-order valence-corrected chi connectivity index (χ3v) is 17.5. The smallest absolute Gasteiger partial charge is 0.363 e. The average molecular weight is 1730 g/mol. The molecule has 5 heterocycles. The van der Waals surface area contributed by atoms with Crippen LogP contribution < -0.4 is 5.69 Å². The minimum absolute atomic E-state index is 0. The van der Waals surface area contributed by atoms with Crippen molar-refractivity contribution in [2.75, 3.05) is 55.5 Å². The molecule has 0 aromatic carbocycles. The molecule has 3 aromatic heterocycles. The van der Waals surface area contributed by atoms with Gasteiger partial charge < -0.3 is 43.3 Å². The number of aromatic nitrogens is 10. The summed E-state index contributed by atoms with van der Waals surface area (Å²) in [5.74, 6) is 1.17. The van der Waals surface area contributed by atoms with Crippen LogP contribution in [0.2, 0.25) is 0 Å². The van der Waals surface area contributed by atoms with Crippen LogP contribution in [0.25, 0.3) is 0 Å². The van der Waals surface area contributed by atoms with Crippen LogP contribution in [0.15, 0.2) is 38.6 Å².